The zero-order chi connectivity index (χ0) is 13.8. The van der Waals surface area contributed by atoms with Crippen LogP contribution in [0.3, 0.4) is 0 Å². The van der Waals surface area contributed by atoms with E-state index in [2.05, 4.69) is 4.98 Å². The van der Waals surface area contributed by atoms with Gasteiger partial charge in [0.15, 0.2) is 0 Å². The number of carboxylic acid groups (broad SMARTS) is 1. The normalized spacial score (nSPS) is 11.4. The molecule has 0 radical (unpaired) electrons. The number of carbonyl (C=O) groups is 1. The zero-order valence-corrected chi connectivity index (χ0v) is 10.9. The van der Waals surface area contributed by atoms with Crippen LogP contribution in [-0.2, 0) is 4.79 Å². The van der Waals surface area contributed by atoms with Crippen LogP contribution in [0.5, 0.6) is 0 Å². The fourth-order valence-electron chi connectivity index (χ4n) is 2.00. The third kappa shape index (κ3) is 3.07. The van der Waals surface area contributed by atoms with Crippen LogP contribution in [0.2, 0.25) is 0 Å². The van der Waals surface area contributed by atoms with Crippen LogP contribution in [0, 0.1) is 13.8 Å². The molecule has 0 saturated heterocycles. The standard InChI is InChI=1S/C16H15NO2/c1-11-5-6-14(12(2)8-11)15(16(18)19)9-13-4-3-7-17-10-13/h3-10H,1-2H3,(H,18,19)/b15-9-. The zero-order valence-electron chi connectivity index (χ0n) is 10.9. The highest BCUT2D eigenvalue weighted by atomic mass is 16.4. The van der Waals surface area contributed by atoms with Crippen molar-refractivity contribution in [1.29, 1.82) is 0 Å². The summed E-state index contributed by atoms with van der Waals surface area (Å²) in [6.07, 6.45) is 4.95. The molecule has 19 heavy (non-hydrogen) atoms. The van der Waals surface area contributed by atoms with Gasteiger partial charge in [-0.25, -0.2) is 4.79 Å². The molecule has 1 aromatic heterocycles. The van der Waals surface area contributed by atoms with Crippen LogP contribution in [-0.4, -0.2) is 16.1 Å². The molecular formula is C16H15NO2. The second kappa shape index (κ2) is 5.48. The van der Waals surface area contributed by atoms with E-state index in [-0.39, 0.29) is 5.57 Å². The average Bonchev–Trinajstić information content (AvgIpc) is 2.38. The summed E-state index contributed by atoms with van der Waals surface area (Å²) < 4.78 is 0. The molecule has 2 aromatic rings. The first-order valence-corrected chi connectivity index (χ1v) is 6.00. The lowest BCUT2D eigenvalue weighted by molar-refractivity contribution is -0.130. The summed E-state index contributed by atoms with van der Waals surface area (Å²) in [7, 11) is 0. The molecule has 1 aromatic carbocycles. The molecule has 0 bridgehead atoms. The number of rotatable bonds is 3. The van der Waals surface area contributed by atoms with Crippen LogP contribution in [0.15, 0.2) is 42.7 Å². The first-order valence-electron chi connectivity index (χ1n) is 6.00. The number of aromatic nitrogens is 1. The number of carboxylic acids is 1. The lowest BCUT2D eigenvalue weighted by atomic mass is 9.97. The van der Waals surface area contributed by atoms with Gasteiger partial charge in [-0.05, 0) is 42.7 Å². The van der Waals surface area contributed by atoms with Crippen molar-refractivity contribution in [3.8, 4) is 0 Å². The molecule has 0 aliphatic heterocycles. The molecule has 0 aliphatic rings. The third-order valence-electron chi connectivity index (χ3n) is 2.90. The van der Waals surface area contributed by atoms with Crippen molar-refractivity contribution in [1.82, 2.24) is 4.98 Å². The molecule has 0 fully saturated rings. The summed E-state index contributed by atoms with van der Waals surface area (Å²) in [6, 6.07) is 9.37. The average molecular weight is 253 g/mol. The van der Waals surface area contributed by atoms with Crippen LogP contribution >= 0.6 is 0 Å². The molecule has 3 heteroatoms. The third-order valence-corrected chi connectivity index (χ3v) is 2.90. The second-order valence-electron chi connectivity index (χ2n) is 4.47. The Morgan fingerprint density at radius 2 is 2.05 bits per heavy atom. The Balaban J connectivity index is 2.52. The van der Waals surface area contributed by atoms with Gasteiger partial charge in [-0.1, -0.05) is 29.8 Å². The van der Waals surface area contributed by atoms with Crippen molar-refractivity contribution in [2.45, 2.75) is 13.8 Å². The monoisotopic (exact) mass is 253 g/mol. The minimum Gasteiger partial charge on any atom is -0.478 e. The van der Waals surface area contributed by atoms with Gasteiger partial charge in [0.2, 0.25) is 0 Å². The largest absolute Gasteiger partial charge is 0.478 e. The van der Waals surface area contributed by atoms with Crippen LogP contribution in [0.25, 0.3) is 11.6 Å². The first-order chi connectivity index (χ1) is 9.08. The predicted octanol–water partition coefficient (Wildman–Crippen LogP) is 3.32. The Kier molecular flexibility index (Phi) is 3.76. The van der Waals surface area contributed by atoms with Gasteiger partial charge >= 0.3 is 5.97 Å². The Labute approximate surface area is 112 Å². The van der Waals surface area contributed by atoms with Crippen LogP contribution in [0.1, 0.15) is 22.3 Å². The number of nitrogens with zero attached hydrogens (tertiary/aromatic N) is 1. The van der Waals surface area contributed by atoms with Crippen LogP contribution in [0.4, 0.5) is 0 Å². The summed E-state index contributed by atoms with van der Waals surface area (Å²) in [5.41, 5.74) is 3.87. The maximum Gasteiger partial charge on any atom is 0.336 e. The lowest BCUT2D eigenvalue weighted by Gasteiger charge is -2.08. The van der Waals surface area contributed by atoms with E-state index in [9.17, 15) is 9.90 Å². The summed E-state index contributed by atoms with van der Waals surface area (Å²) >= 11 is 0. The smallest absolute Gasteiger partial charge is 0.336 e. The van der Waals surface area contributed by atoms with E-state index in [4.69, 9.17) is 0 Å². The summed E-state index contributed by atoms with van der Waals surface area (Å²) in [6.45, 7) is 3.91. The fourth-order valence-corrected chi connectivity index (χ4v) is 2.00. The van der Waals surface area contributed by atoms with Gasteiger partial charge in [-0.2, -0.15) is 0 Å². The lowest BCUT2D eigenvalue weighted by Crippen LogP contribution is -2.01. The summed E-state index contributed by atoms with van der Waals surface area (Å²) in [5.74, 6) is -0.934. The Morgan fingerprint density at radius 1 is 1.26 bits per heavy atom. The van der Waals surface area contributed by atoms with Crippen molar-refractivity contribution in [2.24, 2.45) is 0 Å². The van der Waals surface area contributed by atoms with Gasteiger partial charge in [0, 0.05) is 12.4 Å². The quantitative estimate of drug-likeness (QED) is 0.854. The SMILES string of the molecule is Cc1ccc(/C(=C/c2cccnc2)C(=O)O)c(C)c1. The molecule has 0 saturated carbocycles. The van der Waals surface area contributed by atoms with Crippen molar-refractivity contribution in [3.63, 3.8) is 0 Å². The van der Waals surface area contributed by atoms with E-state index in [0.717, 1.165) is 22.3 Å². The van der Waals surface area contributed by atoms with E-state index < -0.39 is 5.97 Å². The summed E-state index contributed by atoms with van der Waals surface area (Å²) in [5, 5.41) is 9.39. The molecule has 3 nitrogen and oxygen atoms in total. The number of hydrogen-bond acceptors (Lipinski definition) is 2. The highest BCUT2D eigenvalue weighted by Gasteiger charge is 2.12. The number of pyridine rings is 1. The second-order valence-corrected chi connectivity index (χ2v) is 4.47. The Bertz CT molecular complexity index is 630. The van der Waals surface area contributed by atoms with Crippen molar-refractivity contribution in [2.75, 3.05) is 0 Å². The number of hydrogen-bond donors (Lipinski definition) is 1. The molecule has 2 rings (SSSR count). The van der Waals surface area contributed by atoms with E-state index in [1.807, 2.05) is 38.1 Å². The first kappa shape index (κ1) is 13.0. The number of benzene rings is 1. The molecule has 0 spiro atoms. The van der Waals surface area contributed by atoms with Gasteiger partial charge < -0.3 is 5.11 Å². The molecule has 1 heterocycles. The molecule has 96 valence electrons. The van der Waals surface area contributed by atoms with Gasteiger partial charge in [0.25, 0.3) is 0 Å². The maximum atomic E-state index is 11.5. The van der Waals surface area contributed by atoms with Gasteiger partial charge in [-0.15, -0.1) is 0 Å². The molecule has 0 atom stereocenters. The highest BCUT2D eigenvalue weighted by Crippen LogP contribution is 2.22. The molecule has 0 unspecified atom stereocenters. The topological polar surface area (TPSA) is 50.2 Å². The molecule has 0 amide bonds. The Morgan fingerprint density at radius 3 is 2.63 bits per heavy atom. The van der Waals surface area contributed by atoms with E-state index in [0.29, 0.717) is 0 Å². The van der Waals surface area contributed by atoms with E-state index >= 15 is 0 Å². The van der Waals surface area contributed by atoms with E-state index in [1.54, 1.807) is 24.5 Å². The maximum absolute atomic E-state index is 11.5. The number of aryl methyl sites for hydroxylation is 2. The fraction of sp³-hybridized carbons (Fsp3) is 0.125. The van der Waals surface area contributed by atoms with Gasteiger partial charge in [0.05, 0.1) is 5.57 Å². The molecule has 0 aliphatic carbocycles. The minimum absolute atomic E-state index is 0.283. The van der Waals surface area contributed by atoms with Gasteiger partial charge in [0.1, 0.15) is 0 Å². The van der Waals surface area contributed by atoms with Crippen molar-refractivity contribution < 1.29 is 9.90 Å². The van der Waals surface area contributed by atoms with Crippen molar-refractivity contribution >= 4 is 17.6 Å². The van der Waals surface area contributed by atoms with Crippen molar-refractivity contribution in [3.05, 3.63) is 65.0 Å². The molecular weight excluding hydrogens is 238 g/mol. The predicted molar refractivity (Wildman–Crippen MR) is 75.7 cm³/mol. The summed E-state index contributed by atoms with van der Waals surface area (Å²) in [4.78, 5) is 15.4. The Hall–Kier alpha value is -2.42. The highest BCUT2D eigenvalue weighted by molar-refractivity contribution is 6.21. The molecule has 1 N–H and O–H groups in total. The van der Waals surface area contributed by atoms with Gasteiger partial charge in [-0.3, -0.25) is 4.98 Å². The van der Waals surface area contributed by atoms with Crippen LogP contribution < -0.4 is 0 Å². The minimum atomic E-state index is -0.934. The number of aliphatic carboxylic acids is 1. The van der Waals surface area contributed by atoms with E-state index in [1.165, 1.54) is 0 Å².